The Morgan fingerprint density at radius 3 is 2.94 bits per heavy atom. The first-order valence-corrected chi connectivity index (χ1v) is 5.23. The molecule has 7 heteroatoms. The molecule has 1 amide bonds. The molecule has 2 heterocycles. The van der Waals surface area contributed by atoms with Gasteiger partial charge in [-0.25, -0.2) is 4.79 Å². The summed E-state index contributed by atoms with van der Waals surface area (Å²) in [5.41, 5.74) is 0.192. The molecule has 1 saturated heterocycles. The maximum absolute atomic E-state index is 11.5. The van der Waals surface area contributed by atoms with Gasteiger partial charge in [0.2, 0.25) is 0 Å². The van der Waals surface area contributed by atoms with E-state index in [1.165, 1.54) is 12.3 Å². The Bertz CT molecular complexity index is 403. The van der Waals surface area contributed by atoms with Crippen molar-refractivity contribution >= 4 is 11.9 Å². The highest BCUT2D eigenvalue weighted by atomic mass is 16.5. The molecule has 0 saturated carbocycles. The number of carbonyl (C=O) groups is 2. The molecule has 2 atom stereocenters. The predicted molar refractivity (Wildman–Crippen MR) is 54.4 cm³/mol. The second kappa shape index (κ2) is 4.96. The molecule has 1 aromatic heterocycles. The SMILES string of the molecule is O=C(NCC1CCC(C(=O)O)O1)c1ccon1. The molecule has 2 unspecified atom stereocenters. The third-order valence-electron chi connectivity index (χ3n) is 2.54. The van der Waals surface area contributed by atoms with Crippen molar-refractivity contribution in [1.29, 1.82) is 0 Å². The van der Waals surface area contributed by atoms with Crippen LogP contribution in [0.1, 0.15) is 23.3 Å². The smallest absolute Gasteiger partial charge is 0.332 e. The number of amides is 1. The van der Waals surface area contributed by atoms with Crippen LogP contribution in [0.3, 0.4) is 0 Å². The van der Waals surface area contributed by atoms with Crippen LogP contribution in [0, 0.1) is 0 Å². The number of aromatic nitrogens is 1. The topological polar surface area (TPSA) is 102 Å². The summed E-state index contributed by atoms with van der Waals surface area (Å²) in [7, 11) is 0. The van der Waals surface area contributed by atoms with Crippen molar-refractivity contribution in [2.75, 3.05) is 6.54 Å². The van der Waals surface area contributed by atoms with Crippen LogP contribution >= 0.6 is 0 Å². The monoisotopic (exact) mass is 240 g/mol. The summed E-state index contributed by atoms with van der Waals surface area (Å²) < 4.78 is 9.77. The summed E-state index contributed by atoms with van der Waals surface area (Å²) in [6, 6.07) is 1.45. The highest BCUT2D eigenvalue weighted by Gasteiger charge is 2.30. The van der Waals surface area contributed by atoms with Gasteiger partial charge in [-0.05, 0) is 12.8 Å². The van der Waals surface area contributed by atoms with Gasteiger partial charge in [0.25, 0.3) is 5.91 Å². The third kappa shape index (κ3) is 2.82. The summed E-state index contributed by atoms with van der Waals surface area (Å²) in [5.74, 6) is -1.32. The second-order valence-electron chi connectivity index (χ2n) is 3.76. The summed E-state index contributed by atoms with van der Waals surface area (Å²) in [4.78, 5) is 22.1. The number of hydrogen-bond acceptors (Lipinski definition) is 5. The highest BCUT2D eigenvalue weighted by molar-refractivity contribution is 5.91. The molecule has 2 rings (SSSR count). The van der Waals surface area contributed by atoms with E-state index >= 15 is 0 Å². The maximum atomic E-state index is 11.5. The van der Waals surface area contributed by atoms with Crippen molar-refractivity contribution in [2.45, 2.75) is 25.0 Å². The average Bonchev–Trinajstić information content (AvgIpc) is 2.97. The van der Waals surface area contributed by atoms with Gasteiger partial charge in [0.05, 0.1) is 6.10 Å². The van der Waals surface area contributed by atoms with E-state index in [0.717, 1.165) is 0 Å². The summed E-state index contributed by atoms with van der Waals surface area (Å²) >= 11 is 0. The fourth-order valence-electron chi connectivity index (χ4n) is 1.66. The van der Waals surface area contributed by atoms with E-state index < -0.39 is 12.1 Å². The Morgan fingerprint density at radius 1 is 1.53 bits per heavy atom. The minimum absolute atomic E-state index is 0.192. The zero-order valence-electron chi connectivity index (χ0n) is 8.96. The van der Waals surface area contributed by atoms with Gasteiger partial charge in [0.15, 0.2) is 11.8 Å². The molecular formula is C10H12N2O5. The van der Waals surface area contributed by atoms with Gasteiger partial charge in [-0.2, -0.15) is 0 Å². The van der Waals surface area contributed by atoms with Gasteiger partial charge in [0, 0.05) is 12.6 Å². The summed E-state index contributed by atoms with van der Waals surface area (Å²) in [6.07, 6.45) is 1.38. The first-order chi connectivity index (χ1) is 8.16. The molecule has 17 heavy (non-hydrogen) atoms. The van der Waals surface area contributed by atoms with Crippen LogP contribution in [-0.2, 0) is 9.53 Å². The van der Waals surface area contributed by atoms with E-state index in [-0.39, 0.29) is 24.2 Å². The lowest BCUT2D eigenvalue weighted by atomic mass is 10.2. The van der Waals surface area contributed by atoms with Gasteiger partial charge in [-0.15, -0.1) is 0 Å². The van der Waals surface area contributed by atoms with Gasteiger partial charge in [-0.3, -0.25) is 4.79 Å². The Balaban J connectivity index is 1.76. The van der Waals surface area contributed by atoms with E-state index in [1.54, 1.807) is 0 Å². The Morgan fingerprint density at radius 2 is 2.35 bits per heavy atom. The molecule has 7 nitrogen and oxygen atoms in total. The van der Waals surface area contributed by atoms with Crippen LogP contribution in [0.25, 0.3) is 0 Å². The number of rotatable bonds is 4. The molecule has 92 valence electrons. The van der Waals surface area contributed by atoms with Crippen molar-refractivity contribution < 1.29 is 24.0 Å². The summed E-state index contributed by atoms with van der Waals surface area (Å²) in [5, 5.41) is 14.8. The zero-order chi connectivity index (χ0) is 12.3. The number of carbonyl (C=O) groups excluding carboxylic acids is 1. The van der Waals surface area contributed by atoms with E-state index in [9.17, 15) is 9.59 Å². The van der Waals surface area contributed by atoms with E-state index in [0.29, 0.717) is 12.8 Å². The molecule has 0 spiro atoms. The van der Waals surface area contributed by atoms with Gasteiger partial charge < -0.3 is 19.7 Å². The van der Waals surface area contributed by atoms with Crippen LogP contribution in [0.5, 0.6) is 0 Å². The van der Waals surface area contributed by atoms with Crippen molar-refractivity contribution in [3.05, 3.63) is 18.0 Å². The molecule has 0 bridgehead atoms. The van der Waals surface area contributed by atoms with Crippen molar-refractivity contribution in [1.82, 2.24) is 10.5 Å². The molecule has 2 N–H and O–H groups in total. The Labute approximate surface area is 96.7 Å². The lowest BCUT2D eigenvalue weighted by Gasteiger charge is -2.11. The Kier molecular flexibility index (Phi) is 3.38. The molecule has 0 aliphatic carbocycles. The molecule has 0 aromatic carbocycles. The number of carboxylic acid groups (broad SMARTS) is 1. The first-order valence-electron chi connectivity index (χ1n) is 5.23. The number of nitrogens with zero attached hydrogens (tertiary/aromatic N) is 1. The zero-order valence-corrected chi connectivity index (χ0v) is 8.96. The number of hydrogen-bond donors (Lipinski definition) is 2. The quantitative estimate of drug-likeness (QED) is 0.770. The maximum Gasteiger partial charge on any atom is 0.332 e. The van der Waals surface area contributed by atoms with Crippen LogP contribution in [-0.4, -0.2) is 40.9 Å². The largest absolute Gasteiger partial charge is 0.479 e. The van der Waals surface area contributed by atoms with Crippen LogP contribution < -0.4 is 5.32 Å². The van der Waals surface area contributed by atoms with Gasteiger partial charge >= 0.3 is 5.97 Å². The van der Waals surface area contributed by atoms with Crippen molar-refractivity contribution in [3.63, 3.8) is 0 Å². The number of nitrogens with one attached hydrogen (secondary N) is 1. The third-order valence-corrected chi connectivity index (χ3v) is 2.54. The van der Waals surface area contributed by atoms with Crippen molar-refractivity contribution in [2.24, 2.45) is 0 Å². The van der Waals surface area contributed by atoms with Crippen molar-refractivity contribution in [3.8, 4) is 0 Å². The van der Waals surface area contributed by atoms with E-state index in [2.05, 4.69) is 15.0 Å². The molecule has 1 aromatic rings. The fraction of sp³-hybridized carbons (Fsp3) is 0.500. The average molecular weight is 240 g/mol. The first kappa shape index (κ1) is 11.6. The lowest BCUT2D eigenvalue weighted by Crippen LogP contribution is -2.33. The number of ether oxygens (including phenoxy) is 1. The van der Waals surface area contributed by atoms with Gasteiger partial charge in [-0.1, -0.05) is 5.16 Å². The fourth-order valence-corrected chi connectivity index (χ4v) is 1.66. The standard InChI is InChI=1S/C10H12N2O5/c13-9(7-3-4-16-12-7)11-5-6-1-2-8(17-6)10(14)15/h3-4,6,8H,1-2,5H2,(H,11,13)(H,14,15). The molecule has 1 fully saturated rings. The van der Waals surface area contributed by atoms with Crippen LogP contribution in [0.2, 0.25) is 0 Å². The van der Waals surface area contributed by atoms with E-state index in [4.69, 9.17) is 9.84 Å². The van der Waals surface area contributed by atoms with Crippen LogP contribution in [0.15, 0.2) is 16.9 Å². The highest BCUT2D eigenvalue weighted by Crippen LogP contribution is 2.19. The Hall–Kier alpha value is -1.89. The lowest BCUT2D eigenvalue weighted by molar-refractivity contribution is -0.149. The molecule has 1 aliphatic heterocycles. The molecule has 1 aliphatic rings. The number of carboxylic acids is 1. The van der Waals surface area contributed by atoms with Crippen LogP contribution in [0.4, 0.5) is 0 Å². The minimum atomic E-state index is -0.963. The predicted octanol–water partition coefficient (Wildman–Crippen LogP) is 0.0366. The van der Waals surface area contributed by atoms with Gasteiger partial charge in [0.1, 0.15) is 6.26 Å². The second-order valence-corrected chi connectivity index (χ2v) is 3.76. The molecule has 0 radical (unpaired) electrons. The minimum Gasteiger partial charge on any atom is -0.479 e. The molecular weight excluding hydrogens is 228 g/mol. The summed E-state index contributed by atoms with van der Waals surface area (Å²) in [6.45, 7) is 0.273. The number of aliphatic carboxylic acids is 1. The normalized spacial score (nSPS) is 23.5. The van der Waals surface area contributed by atoms with E-state index in [1.807, 2.05) is 0 Å².